The van der Waals surface area contributed by atoms with Gasteiger partial charge in [-0.15, -0.1) is 0 Å². The van der Waals surface area contributed by atoms with E-state index in [-0.39, 0.29) is 22.8 Å². The molecule has 1 aromatic carbocycles. The Morgan fingerprint density at radius 2 is 1.95 bits per heavy atom. The second-order valence-corrected chi connectivity index (χ2v) is 5.78. The number of carbonyl (C=O) groups is 1. The summed E-state index contributed by atoms with van der Waals surface area (Å²) in [6.07, 6.45) is 5.30. The molecule has 0 spiro atoms. The van der Waals surface area contributed by atoms with E-state index in [0.29, 0.717) is 5.56 Å². The van der Waals surface area contributed by atoms with Crippen molar-refractivity contribution in [2.45, 2.75) is 44.6 Å². The number of benzene rings is 1. The average Bonchev–Trinajstić information content (AvgIpc) is 2.46. The Balaban J connectivity index is 2.26. The largest absolute Gasteiger partial charge is 0.382 e. The van der Waals surface area contributed by atoms with Gasteiger partial charge in [0.1, 0.15) is 5.69 Å². The van der Waals surface area contributed by atoms with Crippen molar-refractivity contribution in [1.82, 2.24) is 5.32 Å². The molecule has 2 rings (SSSR count). The van der Waals surface area contributed by atoms with Crippen LogP contribution in [0.15, 0.2) is 18.2 Å². The Morgan fingerprint density at radius 3 is 2.52 bits per heavy atom. The van der Waals surface area contributed by atoms with Crippen LogP contribution in [-0.2, 0) is 0 Å². The number of rotatable bonds is 4. The number of nitro groups is 1. The smallest absolute Gasteiger partial charge is 0.293 e. The predicted molar refractivity (Wildman–Crippen MR) is 81.6 cm³/mol. The van der Waals surface area contributed by atoms with Gasteiger partial charge in [0.15, 0.2) is 0 Å². The lowest BCUT2D eigenvalue weighted by molar-refractivity contribution is -0.384. The van der Waals surface area contributed by atoms with Crippen LogP contribution < -0.4 is 10.6 Å². The number of nitrogens with one attached hydrogen (secondary N) is 2. The molecule has 1 aliphatic carbocycles. The van der Waals surface area contributed by atoms with Gasteiger partial charge in [-0.2, -0.15) is 0 Å². The fourth-order valence-electron chi connectivity index (χ4n) is 2.94. The number of para-hydroxylation sites is 1. The van der Waals surface area contributed by atoms with Crippen molar-refractivity contribution in [3.8, 4) is 0 Å². The molecule has 0 radical (unpaired) electrons. The zero-order chi connectivity index (χ0) is 15.5. The molecule has 0 aromatic heterocycles. The van der Waals surface area contributed by atoms with E-state index < -0.39 is 4.92 Å². The van der Waals surface area contributed by atoms with E-state index >= 15 is 0 Å². The van der Waals surface area contributed by atoms with Crippen LogP contribution in [0.1, 0.15) is 49.4 Å². The molecule has 1 saturated carbocycles. The first-order chi connectivity index (χ1) is 9.97. The molecule has 6 heteroatoms. The lowest BCUT2D eigenvalue weighted by Crippen LogP contribution is -2.47. The van der Waals surface area contributed by atoms with Crippen LogP contribution in [0.25, 0.3) is 0 Å². The van der Waals surface area contributed by atoms with Gasteiger partial charge in [0.2, 0.25) is 0 Å². The molecule has 0 unspecified atom stereocenters. The number of hydrogen-bond donors (Lipinski definition) is 2. The number of hydrogen-bond acceptors (Lipinski definition) is 4. The highest BCUT2D eigenvalue weighted by Crippen LogP contribution is 2.31. The van der Waals surface area contributed by atoms with Gasteiger partial charge >= 0.3 is 0 Å². The number of nitrogens with zero attached hydrogens (tertiary/aromatic N) is 1. The van der Waals surface area contributed by atoms with E-state index in [2.05, 4.69) is 10.6 Å². The van der Waals surface area contributed by atoms with Gasteiger partial charge < -0.3 is 10.6 Å². The molecule has 114 valence electrons. The SMILES string of the molecule is CNc1c(C(=O)NC2(C)CCCCC2)cccc1[N+](=O)[O-]. The van der Waals surface area contributed by atoms with E-state index in [1.54, 1.807) is 13.1 Å². The molecule has 6 nitrogen and oxygen atoms in total. The number of amides is 1. The lowest BCUT2D eigenvalue weighted by Gasteiger charge is -2.34. The van der Waals surface area contributed by atoms with Crippen LogP contribution in [0.2, 0.25) is 0 Å². The van der Waals surface area contributed by atoms with Crippen LogP contribution in [0.5, 0.6) is 0 Å². The summed E-state index contributed by atoms with van der Waals surface area (Å²) >= 11 is 0. The van der Waals surface area contributed by atoms with Crippen LogP contribution >= 0.6 is 0 Å². The summed E-state index contributed by atoms with van der Waals surface area (Å²) in [6, 6.07) is 4.54. The summed E-state index contributed by atoms with van der Waals surface area (Å²) in [4.78, 5) is 23.1. The minimum absolute atomic E-state index is 0.0843. The summed E-state index contributed by atoms with van der Waals surface area (Å²) in [7, 11) is 1.58. The predicted octanol–water partition coefficient (Wildman–Crippen LogP) is 3.09. The highest BCUT2D eigenvalue weighted by Gasteiger charge is 2.30. The molecule has 1 aromatic rings. The van der Waals surface area contributed by atoms with Crippen molar-refractivity contribution in [3.05, 3.63) is 33.9 Å². The second kappa shape index (κ2) is 6.11. The zero-order valence-electron chi connectivity index (χ0n) is 12.4. The average molecular weight is 291 g/mol. The van der Waals surface area contributed by atoms with Crippen molar-refractivity contribution in [2.75, 3.05) is 12.4 Å². The first-order valence-corrected chi connectivity index (χ1v) is 7.24. The van der Waals surface area contributed by atoms with E-state index in [1.165, 1.54) is 18.6 Å². The highest BCUT2D eigenvalue weighted by molar-refractivity contribution is 6.02. The zero-order valence-corrected chi connectivity index (χ0v) is 12.4. The molecule has 2 N–H and O–H groups in total. The maximum Gasteiger partial charge on any atom is 0.293 e. The van der Waals surface area contributed by atoms with Crippen LogP contribution in [0.4, 0.5) is 11.4 Å². The van der Waals surface area contributed by atoms with Crippen molar-refractivity contribution in [1.29, 1.82) is 0 Å². The molecule has 0 saturated heterocycles. The number of anilines is 1. The molecular weight excluding hydrogens is 270 g/mol. The maximum atomic E-state index is 12.5. The van der Waals surface area contributed by atoms with Gasteiger partial charge in [0, 0.05) is 18.7 Å². The Kier molecular flexibility index (Phi) is 4.45. The lowest BCUT2D eigenvalue weighted by atomic mass is 9.83. The number of nitro benzene ring substituents is 1. The van der Waals surface area contributed by atoms with Gasteiger partial charge in [-0.3, -0.25) is 14.9 Å². The van der Waals surface area contributed by atoms with Gasteiger partial charge in [0.25, 0.3) is 11.6 Å². The summed E-state index contributed by atoms with van der Waals surface area (Å²) in [5.74, 6) is -0.257. The van der Waals surface area contributed by atoms with Crippen LogP contribution in [-0.4, -0.2) is 23.4 Å². The van der Waals surface area contributed by atoms with Gasteiger partial charge in [0.05, 0.1) is 10.5 Å². The van der Waals surface area contributed by atoms with Crippen LogP contribution in [0.3, 0.4) is 0 Å². The summed E-state index contributed by atoms with van der Waals surface area (Å²) in [6.45, 7) is 2.04. The second-order valence-electron chi connectivity index (χ2n) is 5.78. The Bertz CT molecular complexity index is 551. The molecule has 0 atom stereocenters. The van der Waals surface area contributed by atoms with Crippen molar-refractivity contribution in [2.24, 2.45) is 0 Å². The molecular formula is C15H21N3O3. The summed E-state index contributed by atoms with van der Waals surface area (Å²) < 4.78 is 0. The van der Waals surface area contributed by atoms with Crippen LogP contribution in [0, 0.1) is 10.1 Å². The van der Waals surface area contributed by atoms with Crippen molar-refractivity contribution >= 4 is 17.3 Å². The minimum Gasteiger partial charge on any atom is -0.382 e. The third-order valence-electron chi connectivity index (χ3n) is 4.11. The quantitative estimate of drug-likeness (QED) is 0.659. The normalized spacial score (nSPS) is 17.0. The Labute approximate surface area is 124 Å². The molecule has 1 aliphatic rings. The number of carbonyl (C=O) groups excluding carboxylic acids is 1. The molecule has 0 heterocycles. The third-order valence-corrected chi connectivity index (χ3v) is 4.11. The summed E-state index contributed by atoms with van der Waals surface area (Å²) in [5, 5.41) is 16.9. The molecule has 0 bridgehead atoms. The van der Waals surface area contributed by atoms with Gasteiger partial charge in [-0.05, 0) is 25.8 Å². The van der Waals surface area contributed by atoms with Crippen molar-refractivity contribution < 1.29 is 9.72 Å². The first kappa shape index (κ1) is 15.3. The standard InChI is InChI=1S/C15H21N3O3/c1-15(9-4-3-5-10-15)17-14(19)11-7-6-8-12(18(20)21)13(11)16-2/h6-8,16H,3-5,9-10H2,1-2H3,(H,17,19). The highest BCUT2D eigenvalue weighted by atomic mass is 16.6. The fourth-order valence-corrected chi connectivity index (χ4v) is 2.94. The van der Waals surface area contributed by atoms with E-state index in [1.807, 2.05) is 6.92 Å². The maximum absolute atomic E-state index is 12.5. The molecule has 0 aliphatic heterocycles. The first-order valence-electron chi connectivity index (χ1n) is 7.24. The van der Waals surface area contributed by atoms with Gasteiger partial charge in [-0.25, -0.2) is 0 Å². The summed E-state index contributed by atoms with van der Waals surface area (Å²) in [5.41, 5.74) is 0.280. The van der Waals surface area contributed by atoms with E-state index in [0.717, 1.165) is 25.7 Å². The topological polar surface area (TPSA) is 84.3 Å². The van der Waals surface area contributed by atoms with E-state index in [4.69, 9.17) is 0 Å². The minimum atomic E-state index is -0.481. The van der Waals surface area contributed by atoms with Gasteiger partial charge in [-0.1, -0.05) is 25.3 Å². The molecule has 1 amide bonds. The van der Waals surface area contributed by atoms with E-state index in [9.17, 15) is 14.9 Å². The fraction of sp³-hybridized carbons (Fsp3) is 0.533. The van der Waals surface area contributed by atoms with Crippen molar-refractivity contribution in [3.63, 3.8) is 0 Å². The third kappa shape index (κ3) is 3.32. The monoisotopic (exact) mass is 291 g/mol. The Morgan fingerprint density at radius 1 is 1.29 bits per heavy atom. The molecule has 1 fully saturated rings. The Hall–Kier alpha value is -2.11. The molecule has 21 heavy (non-hydrogen) atoms.